The lowest BCUT2D eigenvalue weighted by molar-refractivity contribution is -0.132. The van der Waals surface area contributed by atoms with E-state index in [0.29, 0.717) is 17.9 Å². The molecule has 2 saturated heterocycles. The predicted octanol–water partition coefficient (Wildman–Crippen LogP) is 1.73. The molecule has 2 bridgehead atoms. The molecule has 16 heavy (non-hydrogen) atoms. The van der Waals surface area contributed by atoms with Crippen molar-refractivity contribution in [3.63, 3.8) is 0 Å². The third-order valence-corrected chi connectivity index (χ3v) is 4.60. The van der Waals surface area contributed by atoms with Crippen molar-refractivity contribution in [1.29, 1.82) is 0 Å². The van der Waals surface area contributed by atoms with Crippen LogP contribution in [0.5, 0.6) is 0 Å². The number of carbonyl (C=O) groups is 1. The van der Waals surface area contributed by atoms with E-state index in [1.54, 1.807) is 6.26 Å². The van der Waals surface area contributed by atoms with Crippen LogP contribution in [-0.4, -0.2) is 35.9 Å². The molecule has 88 valence electrons. The van der Waals surface area contributed by atoms with Gasteiger partial charge in [-0.25, -0.2) is 0 Å². The molecule has 3 aliphatic rings. The molecule has 0 aromatic heterocycles. The van der Waals surface area contributed by atoms with Crippen LogP contribution in [0.3, 0.4) is 0 Å². The predicted molar refractivity (Wildman–Crippen MR) is 60.9 cm³/mol. The second kappa shape index (κ2) is 3.59. The van der Waals surface area contributed by atoms with Gasteiger partial charge in [0.2, 0.25) is 0 Å². The highest BCUT2D eigenvalue weighted by Gasteiger charge is 2.51. The van der Waals surface area contributed by atoms with E-state index in [9.17, 15) is 4.79 Å². The lowest BCUT2D eigenvalue weighted by Crippen LogP contribution is -2.54. The van der Waals surface area contributed by atoms with Crippen molar-refractivity contribution in [2.75, 3.05) is 7.05 Å². The summed E-state index contributed by atoms with van der Waals surface area (Å²) in [4.78, 5) is 14.8. The monoisotopic (exact) mass is 221 g/mol. The first kappa shape index (κ1) is 10.3. The molecule has 0 radical (unpaired) electrons. The van der Waals surface area contributed by atoms with Gasteiger partial charge in [-0.3, -0.25) is 9.69 Å². The van der Waals surface area contributed by atoms with Crippen molar-refractivity contribution in [2.24, 2.45) is 5.92 Å². The number of allylic oxidation sites excluding steroid dienone is 1. The van der Waals surface area contributed by atoms with Gasteiger partial charge in [-0.2, -0.15) is 0 Å². The fourth-order valence-electron chi connectivity index (χ4n) is 3.60. The smallest absolute Gasteiger partial charge is 0.170 e. The van der Waals surface area contributed by atoms with Gasteiger partial charge in [0.05, 0.1) is 12.2 Å². The van der Waals surface area contributed by atoms with Crippen LogP contribution in [0.1, 0.15) is 32.6 Å². The number of hydrogen-bond donors (Lipinski definition) is 0. The molecule has 0 aliphatic carbocycles. The zero-order valence-electron chi connectivity index (χ0n) is 9.98. The second-order valence-corrected chi connectivity index (χ2v) is 5.26. The molecule has 3 heteroatoms. The van der Waals surface area contributed by atoms with Crippen molar-refractivity contribution in [3.05, 3.63) is 11.8 Å². The minimum absolute atomic E-state index is 0.101. The van der Waals surface area contributed by atoms with Crippen molar-refractivity contribution in [1.82, 2.24) is 4.90 Å². The number of Topliss-reactive ketones (excluding diaryl/α,β-unsaturated/α-hetero) is 1. The number of piperidine rings is 1. The fraction of sp³-hybridized carbons (Fsp3) is 0.769. The van der Waals surface area contributed by atoms with E-state index in [1.165, 1.54) is 6.42 Å². The van der Waals surface area contributed by atoms with Gasteiger partial charge in [0.15, 0.2) is 5.78 Å². The first-order chi connectivity index (χ1) is 7.72. The number of nitrogens with zero attached hydrogens (tertiary/aromatic N) is 1. The summed E-state index contributed by atoms with van der Waals surface area (Å²) in [5, 5.41) is 0. The van der Waals surface area contributed by atoms with E-state index in [4.69, 9.17) is 4.74 Å². The first-order valence-electron chi connectivity index (χ1n) is 6.33. The van der Waals surface area contributed by atoms with Crippen molar-refractivity contribution < 1.29 is 9.53 Å². The van der Waals surface area contributed by atoms with E-state index >= 15 is 0 Å². The summed E-state index contributed by atoms with van der Waals surface area (Å²) in [6, 6.07) is 1.06. The van der Waals surface area contributed by atoms with Crippen molar-refractivity contribution in [2.45, 2.75) is 50.8 Å². The lowest BCUT2D eigenvalue weighted by Gasteiger charge is -2.43. The van der Waals surface area contributed by atoms with Crippen LogP contribution < -0.4 is 0 Å². The quantitative estimate of drug-likeness (QED) is 0.675. The molecular formula is C13H19NO2. The molecule has 0 N–H and O–H groups in total. The minimum atomic E-state index is 0.101. The molecule has 0 spiro atoms. The number of ether oxygens (including phenoxy) is 1. The van der Waals surface area contributed by atoms with Crippen molar-refractivity contribution in [3.8, 4) is 0 Å². The standard InChI is InChI=1S/C13H19NO2/c1-3-8-7-16-11-6-9-4-5-10(14(9)2)12(11)13(8)15/h7,9-12H,3-6H2,1-2H3/t9?,10?,11-,12+/m0/s1. The van der Waals surface area contributed by atoms with Crippen LogP contribution in [0, 0.1) is 5.92 Å². The Labute approximate surface area is 96.4 Å². The highest BCUT2D eigenvalue weighted by atomic mass is 16.5. The Hall–Kier alpha value is -0.830. The summed E-state index contributed by atoms with van der Waals surface area (Å²) in [5.41, 5.74) is 0.875. The third-order valence-electron chi connectivity index (χ3n) is 4.60. The number of rotatable bonds is 1. The van der Waals surface area contributed by atoms with Gasteiger partial charge in [-0.05, 0) is 26.3 Å². The molecule has 2 unspecified atom stereocenters. The summed E-state index contributed by atoms with van der Waals surface area (Å²) >= 11 is 0. The number of carbonyl (C=O) groups excluding carboxylic acids is 1. The molecular weight excluding hydrogens is 202 g/mol. The van der Waals surface area contributed by atoms with E-state index in [-0.39, 0.29) is 12.0 Å². The molecule has 3 heterocycles. The van der Waals surface area contributed by atoms with Crippen LogP contribution >= 0.6 is 0 Å². The van der Waals surface area contributed by atoms with Gasteiger partial charge in [-0.1, -0.05) is 6.92 Å². The molecule has 0 aromatic rings. The highest BCUT2D eigenvalue weighted by molar-refractivity contribution is 5.98. The van der Waals surface area contributed by atoms with Crippen LogP contribution in [0.2, 0.25) is 0 Å². The second-order valence-electron chi connectivity index (χ2n) is 5.26. The molecule has 3 nitrogen and oxygen atoms in total. The molecule has 3 rings (SSSR count). The molecule has 0 amide bonds. The summed E-state index contributed by atoms with van der Waals surface area (Å²) in [5.74, 6) is 0.444. The van der Waals surface area contributed by atoms with Crippen LogP contribution in [0.4, 0.5) is 0 Å². The van der Waals surface area contributed by atoms with Crippen molar-refractivity contribution >= 4 is 5.78 Å². The molecule has 3 aliphatic heterocycles. The number of fused-ring (bicyclic) bond motifs is 4. The Morgan fingerprint density at radius 3 is 3.06 bits per heavy atom. The Kier molecular flexibility index (Phi) is 2.32. The number of hydrogen-bond acceptors (Lipinski definition) is 3. The summed E-state index contributed by atoms with van der Waals surface area (Å²) in [6.07, 6.45) is 6.07. The third kappa shape index (κ3) is 1.27. The van der Waals surface area contributed by atoms with Crippen LogP contribution in [-0.2, 0) is 9.53 Å². The van der Waals surface area contributed by atoms with Gasteiger partial charge < -0.3 is 4.74 Å². The Balaban J connectivity index is 1.92. The first-order valence-corrected chi connectivity index (χ1v) is 6.33. The Morgan fingerprint density at radius 2 is 2.31 bits per heavy atom. The summed E-state index contributed by atoms with van der Waals surface area (Å²) < 4.78 is 5.78. The van der Waals surface area contributed by atoms with Gasteiger partial charge in [-0.15, -0.1) is 0 Å². The molecule has 0 saturated carbocycles. The van der Waals surface area contributed by atoms with Gasteiger partial charge in [0, 0.05) is 24.1 Å². The maximum absolute atomic E-state index is 12.3. The van der Waals surface area contributed by atoms with E-state index < -0.39 is 0 Å². The average Bonchev–Trinajstić information content (AvgIpc) is 2.52. The topological polar surface area (TPSA) is 29.5 Å². The molecule has 2 fully saturated rings. The van der Waals surface area contributed by atoms with Crippen LogP contribution in [0.15, 0.2) is 11.8 Å². The summed E-state index contributed by atoms with van der Waals surface area (Å²) in [7, 11) is 2.16. The van der Waals surface area contributed by atoms with Gasteiger partial charge >= 0.3 is 0 Å². The Morgan fingerprint density at radius 1 is 1.50 bits per heavy atom. The van der Waals surface area contributed by atoms with Crippen LogP contribution in [0.25, 0.3) is 0 Å². The average molecular weight is 221 g/mol. The fourth-order valence-corrected chi connectivity index (χ4v) is 3.60. The molecule has 4 atom stereocenters. The number of ketones is 1. The van der Waals surface area contributed by atoms with Gasteiger partial charge in [0.25, 0.3) is 0 Å². The van der Waals surface area contributed by atoms with E-state index in [1.807, 2.05) is 6.92 Å². The molecule has 0 aromatic carbocycles. The minimum Gasteiger partial charge on any atom is -0.497 e. The zero-order valence-corrected chi connectivity index (χ0v) is 9.98. The normalized spacial score (nSPS) is 42.6. The lowest BCUT2D eigenvalue weighted by atomic mass is 9.80. The maximum Gasteiger partial charge on any atom is 0.170 e. The zero-order chi connectivity index (χ0) is 11.3. The largest absolute Gasteiger partial charge is 0.497 e. The summed E-state index contributed by atoms with van der Waals surface area (Å²) in [6.45, 7) is 2.03. The maximum atomic E-state index is 12.3. The Bertz CT molecular complexity index is 350. The van der Waals surface area contributed by atoms with E-state index in [0.717, 1.165) is 24.8 Å². The van der Waals surface area contributed by atoms with E-state index in [2.05, 4.69) is 11.9 Å². The highest BCUT2D eigenvalue weighted by Crippen LogP contribution is 2.42. The SMILES string of the molecule is CCC1=CO[C@H]2CC3CCC([C@H]2C1=O)N3C. The van der Waals surface area contributed by atoms with Gasteiger partial charge in [0.1, 0.15) is 6.10 Å².